The summed E-state index contributed by atoms with van der Waals surface area (Å²) in [6, 6.07) is 22.6. The molecule has 1 fully saturated rings. The molecule has 4 aromatic carbocycles. The van der Waals surface area contributed by atoms with Crippen LogP contribution in [0, 0.1) is 28.6 Å². The lowest BCUT2D eigenvalue weighted by atomic mass is 9.92. The van der Waals surface area contributed by atoms with E-state index in [-0.39, 0.29) is 0 Å². The van der Waals surface area contributed by atoms with Crippen LogP contribution in [0.15, 0.2) is 54.6 Å². The quantitative estimate of drug-likeness (QED) is 0.230. The van der Waals surface area contributed by atoms with Crippen LogP contribution < -0.4 is 0 Å². The number of nitrogens with zero attached hydrogens (tertiary/aromatic N) is 3. The molecule has 5 aromatic rings. The molecule has 5 nitrogen and oxygen atoms in total. The van der Waals surface area contributed by atoms with Crippen LogP contribution in [0.5, 0.6) is 0 Å². The van der Waals surface area contributed by atoms with Crippen molar-refractivity contribution < 1.29 is 5.11 Å². The van der Waals surface area contributed by atoms with Gasteiger partial charge in [-0.25, -0.2) is 4.98 Å². The molecule has 6 rings (SSSR count). The molecule has 0 amide bonds. The molecule has 1 heterocycles. The molecule has 38 heavy (non-hydrogen) atoms. The number of nitriles is 2. The van der Waals surface area contributed by atoms with E-state index in [1.165, 1.54) is 31.2 Å². The van der Waals surface area contributed by atoms with Crippen LogP contribution in [0.2, 0.25) is 0 Å². The van der Waals surface area contributed by atoms with Crippen LogP contribution in [0.25, 0.3) is 44.0 Å². The Morgan fingerprint density at radius 2 is 1.58 bits per heavy atom. The van der Waals surface area contributed by atoms with Crippen molar-refractivity contribution in [3.05, 3.63) is 76.9 Å². The zero-order valence-electron chi connectivity index (χ0n) is 21.8. The average molecular weight is 499 g/mol. The molecule has 0 spiro atoms. The second-order valence-corrected chi connectivity index (χ2v) is 11.3. The average Bonchev–Trinajstić information content (AvgIpc) is 3.62. The van der Waals surface area contributed by atoms with Gasteiger partial charge in [-0.1, -0.05) is 61.7 Å². The third kappa shape index (κ3) is 4.51. The number of benzene rings is 4. The van der Waals surface area contributed by atoms with Crippen LogP contribution in [-0.2, 0) is 12.8 Å². The first-order chi connectivity index (χ1) is 18.3. The molecule has 1 aliphatic carbocycles. The van der Waals surface area contributed by atoms with E-state index in [1.807, 2.05) is 13.8 Å². The van der Waals surface area contributed by atoms with Crippen molar-refractivity contribution in [2.75, 3.05) is 0 Å². The van der Waals surface area contributed by atoms with E-state index < -0.39 is 5.60 Å². The number of imidazole rings is 1. The normalized spacial score (nSPS) is 13.7. The van der Waals surface area contributed by atoms with Crippen molar-refractivity contribution in [2.45, 2.75) is 58.0 Å². The van der Waals surface area contributed by atoms with Gasteiger partial charge in [0.1, 0.15) is 5.82 Å². The Hall–Kier alpha value is -4.19. The standard InChI is InChI=1S/C33H30N4O/c1-33(2,38)17-22-12-14-26-28(16-22)27-15-21(6-3-5-20-9-10-20)11-13-25(27)30-31(26)37-32(36-30)29-23(18-34)7-4-8-24(29)19-35/h4,7-8,11-16,20,38H,3,5-6,9-10,17H2,1-2H3,(H,36,37). The lowest BCUT2D eigenvalue weighted by Gasteiger charge is -2.18. The highest BCUT2D eigenvalue weighted by Crippen LogP contribution is 2.38. The molecular weight excluding hydrogens is 468 g/mol. The Bertz CT molecular complexity index is 1760. The molecule has 0 radical (unpaired) electrons. The zero-order chi connectivity index (χ0) is 26.4. The third-order valence-corrected chi connectivity index (χ3v) is 7.64. The molecule has 0 aliphatic heterocycles. The molecule has 188 valence electrons. The van der Waals surface area contributed by atoms with Gasteiger partial charge < -0.3 is 10.1 Å². The van der Waals surface area contributed by atoms with Crippen molar-refractivity contribution in [2.24, 2.45) is 5.92 Å². The lowest BCUT2D eigenvalue weighted by Crippen LogP contribution is -2.21. The van der Waals surface area contributed by atoms with Crippen LogP contribution in [0.4, 0.5) is 0 Å². The summed E-state index contributed by atoms with van der Waals surface area (Å²) in [5.41, 5.74) is 4.68. The first-order valence-electron chi connectivity index (χ1n) is 13.4. The second kappa shape index (κ2) is 9.28. The minimum absolute atomic E-state index is 0.419. The van der Waals surface area contributed by atoms with Gasteiger partial charge in [-0.05, 0) is 66.6 Å². The number of aryl methyl sites for hydroxylation is 1. The van der Waals surface area contributed by atoms with Crippen molar-refractivity contribution in [3.8, 4) is 23.5 Å². The van der Waals surface area contributed by atoms with Crippen LogP contribution in [0.1, 0.15) is 61.8 Å². The molecule has 1 saturated carbocycles. The smallest absolute Gasteiger partial charge is 0.141 e. The van der Waals surface area contributed by atoms with Crippen molar-refractivity contribution >= 4 is 32.6 Å². The van der Waals surface area contributed by atoms with Gasteiger partial charge in [0.25, 0.3) is 0 Å². The number of hydrogen-bond acceptors (Lipinski definition) is 4. The predicted octanol–water partition coefficient (Wildman–Crippen LogP) is 7.33. The first kappa shape index (κ1) is 24.2. The Balaban J connectivity index is 1.59. The molecule has 0 saturated heterocycles. The fourth-order valence-corrected chi connectivity index (χ4v) is 5.69. The predicted molar refractivity (Wildman–Crippen MR) is 152 cm³/mol. The first-order valence-corrected chi connectivity index (χ1v) is 13.4. The van der Waals surface area contributed by atoms with Gasteiger partial charge >= 0.3 is 0 Å². The molecule has 2 N–H and O–H groups in total. The minimum atomic E-state index is -0.808. The van der Waals surface area contributed by atoms with Gasteiger partial charge in [-0.3, -0.25) is 0 Å². The maximum absolute atomic E-state index is 10.5. The van der Waals surface area contributed by atoms with E-state index in [1.54, 1.807) is 18.2 Å². The number of aromatic nitrogens is 2. The van der Waals surface area contributed by atoms with Crippen LogP contribution in [-0.4, -0.2) is 20.7 Å². The summed E-state index contributed by atoms with van der Waals surface area (Å²) in [4.78, 5) is 8.46. The topological polar surface area (TPSA) is 96.5 Å². The van der Waals surface area contributed by atoms with E-state index in [2.05, 4.69) is 53.5 Å². The second-order valence-electron chi connectivity index (χ2n) is 11.3. The van der Waals surface area contributed by atoms with Gasteiger partial charge in [-0.2, -0.15) is 10.5 Å². The summed E-state index contributed by atoms with van der Waals surface area (Å²) < 4.78 is 0. The Labute approximate surface area is 222 Å². The summed E-state index contributed by atoms with van der Waals surface area (Å²) >= 11 is 0. The SMILES string of the molecule is CC(C)(O)Cc1ccc2c(c1)c1cc(CCCC3CC3)ccc1c1nc(-c3c(C#N)cccc3C#N)[nH]c21. The van der Waals surface area contributed by atoms with Gasteiger partial charge in [-0.15, -0.1) is 0 Å². The highest BCUT2D eigenvalue weighted by molar-refractivity contribution is 6.23. The Morgan fingerprint density at radius 1 is 0.921 bits per heavy atom. The van der Waals surface area contributed by atoms with E-state index >= 15 is 0 Å². The van der Waals surface area contributed by atoms with Gasteiger partial charge in [0.2, 0.25) is 0 Å². The summed E-state index contributed by atoms with van der Waals surface area (Å²) in [5.74, 6) is 1.45. The van der Waals surface area contributed by atoms with Crippen LogP contribution in [0.3, 0.4) is 0 Å². The maximum atomic E-state index is 10.5. The van der Waals surface area contributed by atoms with Crippen molar-refractivity contribution in [1.82, 2.24) is 9.97 Å². The number of H-pyrrole nitrogens is 1. The molecule has 5 heteroatoms. The molecule has 1 aromatic heterocycles. The number of hydrogen-bond donors (Lipinski definition) is 2. The highest BCUT2D eigenvalue weighted by atomic mass is 16.3. The largest absolute Gasteiger partial charge is 0.390 e. The Morgan fingerprint density at radius 3 is 2.26 bits per heavy atom. The van der Waals surface area contributed by atoms with Gasteiger partial charge in [0.15, 0.2) is 0 Å². The highest BCUT2D eigenvalue weighted by Gasteiger charge is 2.21. The van der Waals surface area contributed by atoms with Crippen molar-refractivity contribution in [1.29, 1.82) is 10.5 Å². The van der Waals surface area contributed by atoms with E-state index in [0.29, 0.717) is 28.9 Å². The van der Waals surface area contributed by atoms with Gasteiger partial charge in [0.05, 0.1) is 45.5 Å². The third-order valence-electron chi connectivity index (χ3n) is 7.64. The van der Waals surface area contributed by atoms with Gasteiger partial charge in [0, 0.05) is 17.2 Å². The summed E-state index contributed by atoms with van der Waals surface area (Å²) in [6.07, 6.45) is 6.88. The number of rotatable bonds is 7. The minimum Gasteiger partial charge on any atom is -0.390 e. The number of nitrogens with one attached hydrogen (secondary N) is 1. The molecule has 0 unspecified atom stereocenters. The number of aromatic amines is 1. The fraction of sp³-hybridized carbons (Fsp3) is 0.303. The number of aliphatic hydroxyl groups is 1. The molecule has 1 aliphatic rings. The van der Waals surface area contributed by atoms with E-state index in [4.69, 9.17) is 4.98 Å². The monoisotopic (exact) mass is 498 g/mol. The number of fused-ring (bicyclic) bond motifs is 6. The maximum Gasteiger partial charge on any atom is 0.141 e. The molecule has 0 atom stereocenters. The lowest BCUT2D eigenvalue weighted by molar-refractivity contribution is 0.0810. The van der Waals surface area contributed by atoms with E-state index in [9.17, 15) is 15.6 Å². The summed E-state index contributed by atoms with van der Waals surface area (Å²) in [5, 5.41) is 34.3. The molecular formula is C33H30N4O. The van der Waals surface area contributed by atoms with Crippen molar-refractivity contribution in [3.63, 3.8) is 0 Å². The zero-order valence-corrected chi connectivity index (χ0v) is 21.8. The summed E-state index contributed by atoms with van der Waals surface area (Å²) in [7, 11) is 0. The summed E-state index contributed by atoms with van der Waals surface area (Å²) in [6.45, 7) is 3.66. The molecule has 0 bridgehead atoms. The van der Waals surface area contributed by atoms with E-state index in [0.717, 1.165) is 50.5 Å². The fourth-order valence-electron chi connectivity index (χ4n) is 5.69. The Kier molecular flexibility index (Phi) is 5.90. The van der Waals surface area contributed by atoms with Crippen LogP contribution >= 0.6 is 0 Å².